The van der Waals surface area contributed by atoms with Crippen LogP contribution in [0.3, 0.4) is 0 Å². The number of benzene rings is 1. The maximum absolute atomic E-state index is 5.93. The number of aromatic nitrogens is 5. The smallest absolute Gasteiger partial charge is 0.156 e. The molecule has 1 saturated heterocycles. The number of likely N-dealkylation sites (tertiary alicyclic amines) is 1. The van der Waals surface area contributed by atoms with E-state index in [9.17, 15) is 0 Å². The molecule has 7 heteroatoms. The molecule has 0 unspecified atom stereocenters. The molecule has 33 heavy (non-hydrogen) atoms. The Bertz CT molecular complexity index is 1190. The van der Waals surface area contributed by atoms with E-state index in [2.05, 4.69) is 48.2 Å². The number of rotatable bonds is 9. The number of fused-ring (bicyclic) bond motifs is 1. The summed E-state index contributed by atoms with van der Waals surface area (Å²) in [4.78, 5) is 7.22. The Labute approximate surface area is 195 Å². The van der Waals surface area contributed by atoms with Crippen molar-refractivity contribution in [1.29, 1.82) is 0 Å². The zero-order chi connectivity index (χ0) is 22.6. The van der Waals surface area contributed by atoms with Crippen molar-refractivity contribution < 1.29 is 4.74 Å². The summed E-state index contributed by atoms with van der Waals surface area (Å²) in [5, 5.41) is 9.31. The third-order valence-electron chi connectivity index (χ3n) is 6.05. The lowest BCUT2D eigenvalue weighted by Crippen LogP contribution is -2.25. The van der Waals surface area contributed by atoms with Crippen molar-refractivity contribution in [3.8, 4) is 17.0 Å². The largest absolute Gasteiger partial charge is 0.492 e. The molecule has 0 spiro atoms. The fourth-order valence-electron chi connectivity index (χ4n) is 4.40. The molecule has 0 amide bonds. The fraction of sp³-hybridized carbons (Fsp3) is 0.423. The molecule has 4 aromatic rings. The van der Waals surface area contributed by atoms with Gasteiger partial charge in [-0.15, -0.1) is 0 Å². The average molecular weight is 445 g/mol. The highest BCUT2D eigenvalue weighted by molar-refractivity contribution is 5.61. The average Bonchev–Trinajstić information content (AvgIpc) is 3.55. The Morgan fingerprint density at radius 2 is 1.85 bits per heavy atom. The molecule has 7 nitrogen and oxygen atoms in total. The summed E-state index contributed by atoms with van der Waals surface area (Å²) in [5.41, 5.74) is 4.07. The minimum Gasteiger partial charge on any atom is -0.492 e. The van der Waals surface area contributed by atoms with Crippen LogP contribution in [0.15, 0.2) is 54.9 Å². The molecule has 3 aromatic heterocycles. The van der Waals surface area contributed by atoms with Gasteiger partial charge in [0.2, 0.25) is 0 Å². The van der Waals surface area contributed by atoms with E-state index in [-0.39, 0.29) is 0 Å². The topological polar surface area (TPSA) is 60.5 Å². The van der Waals surface area contributed by atoms with E-state index in [1.807, 2.05) is 39.7 Å². The van der Waals surface area contributed by atoms with Gasteiger partial charge in [-0.05, 0) is 61.7 Å². The van der Waals surface area contributed by atoms with E-state index in [0.29, 0.717) is 12.3 Å². The normalized spacial score (nSPS) is 14.5. The first-order valence-electron chi connectivity index (χ1n) is 12.0. The first kappa shape index (κ1) is 21.6. The van der Waals surface area contributed by atoms with Crippen molar-refractivity contribution in [3.63, 3.8) is 0 Å². The molecular weight excluding hydrogens is 412 g/mol. The third-order valence-corrected chi connectivity index (χ3v) is 6.05. The Kier molecular flexibility index (Phi) is 6.39. The highest BCUT2D eigenvalue weighted by Gasteiger charge is 2.13. The Balaban J connectivity index is 1.25. The van der Waals surface area contributed by atoms with Crippen LogP contribution in [0, 0.1) is 5.92 Å². The maximum Gasteiger partial charge on any atom is 0.156 e. The Morgan fingerprint density at radius 1 is 1.03 bits per heavy atom. The summed E-state index contributed by atoms with van der Waals surface area (Å²) in [6, 6.07) is 14.4. The molecule has 0 aliphatic carbocycles. The van der Waals surface area contributed by atoms with Crippen molar-refractivity contribution in [2.75, 3.05) is 26.2 Å². The first-order chi connectivity index (χ1) is 16.1. The van der Waals surface area contributed by atoms with Crippen LogP contribution in [-0.2, 0) is 13.0 Å². The minimum atomic E-state index is 0.549. The van der Waals surface area contributed by atoms with E-state index in [1.54, 1.807) is 0 Å². The zero-order valence-electron chi connectivity index (χ0n) is 19.5. The van der Waals surface area contributed by atoms with Crippen LogP contribution in [-0.4, -0.2) is 55.5 Å². The Morgan fingerprint density at radius 3 is 2.64 bits per heavy atom. The van der Waals surface area contributed by atoms with Crippen LogP contribution < -0.4 is 4.74 Å². The van der Waals surface area contributed by atoms with E-state index in [4.69, 9.17) is 14.8 Å². The van der Waals surface area contributed by atoms with Gasteiger partial charge in [0, 0.05) is 31.3 Å². The van der Waals surface area contributed by atoms with Gasteiger partial charge in [-0.25, -0.2) is 9.50 Å². The van der Waals surface area contributed by atoms with Crippen molar-refractivity contribution in [2.24, 2.45) is 5.92 Å². The number of ether oxygens (including phenoxy) is 1. The summed E-state index contributed by atoms with van der Waals surface area (Å²) in [5.74, 6) is 2.27. The van der Waals surface area contributed by atoms with Crippen LogP contribution in [0.1, 0.15) is 38.1 Å². The lowest BCUT2D eigenvalue weighted by Gasteiger charge is -2.14. The number of nitrogens with zero attached hydrogens (tertiary/aromatic N) is 6. The van der Waals surface area contributed by atoms with E-state index < -0.39 is 0 Å². The molecule has 4 heterocycles. The number of hydrogen-bond donors (Lipinski definition) is 0. The second-order valence-electron chi connectivity index (χ2n) is 9.27. The number of pyridine rings is 1. The Hall–Kier alpha value is -3.19. The van der Waals surface area contributed by atoms with Gasteiger partial charge >= 0.3 is 0 Å². The van der Waals surface area contributed by atoms with E-state index in [1.165, 1.54) is 31.5 Å². The van der Waals surface area contributed by atoms with Crippen LogP contribution in [0.2, 0.25) is 0 Å². The molecule has 1 fully saturated rings. The second-order valence-corrected chi connectivity index (χ2v) is 9.27. The van der Waals surface area contributed by atoms with Gasteiger partial charge in [-0.1, -0.05) is 32.0 Å². The molecule has 1 aromatic carbocycles. The lowest BCUT2D eigenvalue weighted by molar-refractivity contribution is 0.238. The molecular formula is C26H32N6O. The SMILES string of the molecule is CC(C)Cn1cc(-c2cccc3nc(Cc4ccc(OCCN5CCCC5)cc4)nn23)cn1. The van der Waals surface area contributed by atoms with Crippen LogP contribution in [0.5, 0.6) is 5.75 Å². The maximum atomic E-state index is 5.93. The summed E-state index contributed by atoms with van der Waals surface area (Å²) in [6.07, 6.45) is 7.30. The van der Waals surface area contributed by atoms with Gasteiger partial charge in [0.15, 0.2) is 11.5 Å². The first-order valence-corrected chi connectivity index (χ1v) is 12.0. The van der Waals surface area contributed by atoms with E-state index in [0.717, 1.165) is 48.2 Å². The molecule has 0 N–H and O–H groups in total. The van der Waals surface area contributed by atoms with Crippen molar-refractivity contribution in [1.82, 2.24) is 29.3 Å². The lowest BCUT2D eigenvalue weighted by atomic mass is 10.1. The predicted molar refractivity (Wildman–Crippen MR) is 129 cm³/mol. The molecule has 172 valence electrons. The monoisotopic (exact) mass is 444 g/mol. The van der Waals surface area contributed by atoms with Crippen LogP contribution in [0.25, 0.3) is 16.9 Å². The summed E-state index contributed by atoms with van der Waals surface area (Å²) < 4.78 is 9.84. The van der Waals surface area contributed by atoms with Crippen molar-refractivity contribution in [3.05, 3.63) is 66.2 Å². The van der Waals surface area contributed by atoms with Crippen molar-refractivity contribution >= 4 is 5.65 Å². The second kappa shape index (κ2) is 9.75. The zero-order valence-corrected chi connectivity index (χ0v) is 19.5. The summed E-state index contributed by atoms with van der Waals surface area (Å²) in [6.45, 7) is 9.44. The number of hydrogen-bond acceptors (Lipinski definition) is 5. The minimum absolute atomic E-state index is 0.549. The van der Waals surface area contributed by atoms with Crippen LogP contribution in [0.4, 0.5) is 0 Å². The molecule has 0 saturated carbocycles. The molecule has 0 radical (unpaired) electrons. The molecule has 0 bridgehead atoms. The van der Waals surface area contributed by atoms with Crippen molar-refractivity contribution in [2.45, 2.75) is 39.7 Å². The third kappa shape index (κ3) is 5.25. The highest BCUT2D eigenvalue weighted by Crippen LogP contribution is 2.21. The standard InChI is InChI=1S/C26H32N6O/c1-20(2)18-31-19-22(17-27-31)24-6-5-7-26-28-25(29-32(24)26)16-21-8-10-23(11-9-21)33-15-14-30-12-3-4-13-30/h5-11,17,19-20H,3-4,12-16,18H2,1-2H3. The quantitative estimate of drug-likeness (QED) is 0.385. The van der Waals surface area contributed by atoms with E-state index >= 15 is 0 Å². The molecule has 1 aliphatic heterocycles. The van der Waals surface area contributed by atoms with Gasteiger partial charge < -0.3 is 4.74 Å². The molecule has 1 aliphatic rings. The summed E-state index contributed by atoms with van der Waals surface area (Å²) in [7, 11) is 0. The van der Waals surface area contributed by atoms with Gasteiger partial charge in [-0.3, -0.25) is 9.58 Å². The molecule has 0 atom stereocenters. The molecule has 5 rings (SSSR count). The van der Waals surface area contributed by atoms with Gasteiger partial charge in [-0.2, -0.15) is 10.2 Å². The van der Waals surface area contributed by atoms with Gasteiger partial charge in [0.1, 0.15) is 12.4 Å². The fourth-order valence-corrected chi connectivity index (χ4v) is 4.40. The van der Waals surface area contributed by atoms with Gasteiger partial charge in [0.25, 0.3) is 0 Å². The summed E-state index contributed by atoms with van der Waals surface area (Å²) >= 11 is 0. The van der Waals surface area contributed by atoms with Gasteiger partial charge in [0.05, 0.1) is 11.9 Å². The predicted octanol–water partition coefficient (Wildman–Crippen LogP) is 4.31. The van der Waals surface area contributed by atoms with Crippen LogP contribution >= 0.6 is 0 Å². The highest BCUT2D eigenvalue weighted by atomic mass is 16.5.